The van der Waals surface area contributed by atoms with Crippen LogP contribution in [0.15, 0.2) is 42.1 Å². The summed E-state index contributed by atoms with van der Waals surface area (Å²) in [5, 5.41) is 2.58. The minimum Gasteiger partial charge on any atom is -0.490 e. The first-order valence-electron chi connectivity index (χ1n) is 9.04. The molecule has 0 spiro atoms. The van der Waals surface area contributed by atoms with Gasteiger partial charge in [-0.3, -0.25) is 9.69 Å². The first-order valence-corrected chi connectivity index (χ1v) is 10.1. The summed E-state index contributed by atoms with van der Waals surface area (Å²) in [5.74, 6) is 2.58. The molecular weight excluding hydrogens is 502 g/mol. The number of benzene rings is 2. The summed E-state index contributed by atoms with van der Waals surface area (Å²) < 4.78 is 25.0. The predicted octanol–water partition coefficient (Wildman–Crippen LogP) is 3.93. The van der Waals surface area contributed by atoms with Crippen LogP contribution in [0.5, 0.6) is 11.5 Å². The minimum atomic E-state index is -0.538. The summed E-state index contributed by atoms with van der Waals surface area (Å²) >= 11 is 2.09. The van der Waals surface area contributed by atoms with Gasteiger partial charge in [0, 0.05) is 0 Å². The van der Waals surface area contributed by atoms with Gasteiger partial charge in [-0.05, 0) is 71.0 Å². The normalized spacial score (nSPS) is 14.6. The lowest BCUT2D eigenvalue weighted by Gasteiger charge is -2.13. The summed E-state index contributed by atoms with van der Waals surface area (Å²) in [7, 11) is 0. The third kappa shape index (κ3) is 4.91. The van der Waals surface area contributed by atoms with Crippen molar-refractivity contribution in [2.75, 3.05) is 13.2 Å². The highest BCUT2D eigenvalue weighted by atomic mass is 127. The molecule has 2 aromatic rings. The second-order valence-corrected chi connectivity index (χ2v) is 7.42. The molecule has 6 nitrogen and oxygen atoms in total. The van der Waals surface area contributed by atoms with Gasteiger partial charge < -0.3 is 14.8 Å². The van der Waals surface area contributed by atoms with Gasteiger partial charge in [0.15, 0.2) is 11.5 Å². The molecule has 2 aromatic carbocycles. The Morgan fingerprint density at radius 1 is 1.23 bits per heavy atom. The smallest absolute Gasteiger partial charge is 0.329 e. The molecule has 1 aliphatic heterocycles. The highest BCUT2D eigenvalue weighted by molar-refractivity contribution is 14.1. The monoisotopic (exact) mass is 520 g/mol. The first kappa shape index (κ1) is 21.6. The number of ether oxygens (including phenoxy) is 2. The van der Waals surface area contributed by atoms with Crippen LogP contribution in [0, 0.1) is 21.7 Å². The standard InChI is InChI=1S/C22H18FIN2O4/c1-3-9-30-20-17(24)10-15(12-19(20)29-4-2)11-18-21(27)26(22(28)25-18)13-14-5-7-16(23)8-6-14/h1,5-8,10-12H,4,9,13H2,2H3,(H,25,28)/b18-11+. The average Bonchev–Trinajstić information content (AvgIpc) is 2.96. The van der Waals surface area contributed by atoms with Crippen molar-refractivity contribution in [2.24, 2.45) is 0 Å². The number of carbonyl (C=O) groups excluding carboxylic acids is 2. The summed E-state index contributed by atoms with van der Waals surface area (Å²) in [6, 6.07) is 8.60. The Bertz CT molecular complexity index is 1040. The largest absolute Gasteiger partial charge is 0.490 e. The van der Waals surface area contributed by atoms with Crippen molar-refractivity contribution in [3.63, 3.8) is 0 Å². The van der Waals surface area contributed by atoms with Gasteiger partial charge in [0.05, 0.1) is 16.7 Å². The van der Waals surface area contributed by atoms with Crippen molar-refractivity contribution in [2.45, 2.75) is 13.5 Å². The maximum absolute atomic E-state index is 13.1. The quantitative estimate of drug-likeness (QED) is 0.260. The predicted molar refractivity (Wildman–Crippen MR) is 118 cm³/mol. The van der Waals surface area contributed by atoms with Gasteiger partial charge in [0.2, 0.25) is 0 Å². The molecule has 8 heteroatoms. The molecule has 0 aromatic heterocycles. The van der Waals surface area contributed by atoms with Crippen molar-refractivity contribution in [3.05, 3.63) is 62.6 Å². The van der Waals surface area contributed by atoms with E-state index in [1.165, 1.54) is 24.3 Å². The van der Waals surface area contributed by atoms with Gasteiger partial charge in [0.25, 0.3) is 5.91 Å². The SMILES string of the molecule is C#CCOc1c(I)cc(/C=C2/NC(=O)N(Cc3ccc(F)cc3)C2=O)cc1OCC. The van der Waals surface area contributed by atoms with Crippen LogP contribution in [0.3, 0.4) is 0 Å². The third-order valence-corrected chi connectivity index (χ3v) is 4.96. The number of carbonyl (C=O) groups is 2. The minimum absolute atomic E-state index is 0.0445. The Hall–Kier alpha value is -3.06. The molecule has 154 valence electrons. The second-order valence-electron chi connectivity index (χ2n) is 6.26. The number of imide groups is 1. The maximum Gasteiger partial charge on any atom is 0.329 e. The number of halogens is 2. The van der Waals surface area contributed by atoms with E-state index < -0.39 is 11.9 Å². The van der Waals surface area contributed by atoms with Crippen LogP contribution < -0.4 is 14.8 Å². The Kier molecular flexibility index (Phi) is 6.95. The Morgan fingerprint density at radius 3 is 2.63 bits per heavy atom. The van der Waals surface area contributed by atoms with E-state index in [2.05, 4.69) is 33.8 Å². The van der Waals surface area contributed by atoms with E-state index in [-0.39, 0.29) is 24.7 Å². The molecule has 0 saturated carbocycles. The molecule has 0 unspecified atom stereocenters. The fourth-order valence-electron chi connectivity index (χ4n) is 2.84. The van der Waals surface area contributed by atoms with Crippen LogP contribution in [0.2, 0.25) is 0 Å². The molecule has 3 rings (SSSR count). The van der Waals surface area contributed by atoms with E-state index in [4.69, 9.17) is 15.9 Å². The summed E-state index contributed by atoms with van der Waals surface area (Å²) in [4.78, 5) is 26.1. The number of hydrogen-bond acceptors (Lipinski definition) is 4. The zero-order chi connectivity index (χ0) is 21.7. The number of hydrogen-bond donors (Lipinski definition) is 1. The number of rotatable bonds is 7. The van der Waals surface area contributed by atoms with Gasteiger partial charge >= 0.3 is 6.03 Å². The average molecular weight is 520 g/mol. The summed E-state index contributed by atoms with van der Waals surface area (Å²) in [5.41, 5.74) is 1.44. The number of nitrogens with zero attached hydrogens (tertiary/aromatic N) is 1. The third-order valence-electron chi connectivity index (χ3n) is 4.16. The van der Waals surface area contributed by atoms with E-state index in [9.17, 15) is 14.0 Å². The Labute approximate surface area is 187 Å². The molecule has 0 bridgehead atoms. The zero-order valence-corrected chi connectivity index (χ0v) is 18.2. The van der Waals surface area contributed by atoms with Crippen molar-refractivity contribution in [1.29, 1.82) is 0 Å². The van der Waals surface area contributed by atoms with Crippen LogP contribution in [0.25, 0.3) is 6.08 Å². The molecule has 1 aliphatic rings. The molecule has 0 radical (unpaired) electrons. The molecule has 0 atom stereocenters. The lowest BCUT2D eigenvalue weighted by atomic mass is 10.1. The van der Waals surface area contributed by atoms with Crippen LogP contribution in [0.1, 0.15) is 18.1 Å². The number of amides is 3. The van der Waals surface area contributed by atoms with Gasteiger partial charge in [0.1, 0.15) is 18.1 Å². The van der Waals surface area contributed by atoms with Crippen LogP contribution in [-0.4, -0.2) is 30.1 Å². The molecule has 1 fully saturated rings. The van der Waals surface area contributed by atoms with Gasteiger partial charge in [-0.2, -0.15) is 0 Å². The zero-order valence-electron chi connectivity index (χ0n) is 16.1. The lowest BCUT2D eigenvalue weighted by Crippen LogP contribution is -2.30. The number of nitrogens with one attached hydrogen (secondary N) is 1. The molecule has 1 N–H and O–H groups in total. The van der Waals surface area contributed by atoms with Crippen molar-refractivity contribution >= 4 is 40.6 Å². The topological polar surface area (TPSA) is 67.9 Å². The van der Waals surface area contributed by atoms with E-state index in [0.717, 1.165) is 8.47 Å². The molecule has 3 amide bonds. The van der Waals surface area contributed by atoms with Crippen molar-refractivity contribution < 1.29 is 23.5 Å². The van der Waals surface area contributed by atoms with E-state index in [1.807, 2.05) is 6.92 Å². The highest BCUT2D eigenvalue weighted by Crippen LogP contribution is 2.35. The fourth-order valence-corrected chi connectivity index (χ4v) is 3.62. The number of urea groups is 1. The summed E-state index contributed by atoms with van der Waals surface area (Å²) in [6.45, 7) is 2.41. The Balaban J connectivity index is 1.85. The first-order chi connectivity index (χ1) is 14.4. The molecular formula is C22H18FIN2O4. The van der Waals surface area contributed by atoms with Gasteiger partial charge in [-0.1, -0.05) is 18.1 Å². The van der Waals surface area contributed by atoms with Crippen LogP contribution in [0.4, 0.5) is 9.18 Å². The molecule has 1 heterocycles. The van der Waals surface area contributed by atoms with Crippen molar-refractivity contribution in [3.8, 4) is 23.8 Å². The van der Waals surface area contributed by atoms with Crippen LogP contribution in [-0.2, 0) is 11.3 Å². The lowest BCUT2D eigenvalue weighted by molar-refractivity contribution is -0.123. The Morgan fingerprint density at radius 2 is 1.97 bits per heavy atom. The van der Waals surface area contributed by atoms with Gasteiger partial charge in [-0.25, -0.2) is 9.18 Å². The molecule has 30 heavy (non-hydrogen) atoms. The van der Waals surface area contributed by atoms with E-state index >= 15 is 0 Å². The molecule has 1 saturated heterocycles. The molecule has 0 aliphatic carbocycles. The fraction of sp³-hybridized carbons (Fsp3) is 0.182. The summed E-state index contributed by atoms with van der Waals surface area (Å²) in [6.07, 6.45) is 6.83. The van der Waals surface area contributed by atoms with Crippen molar-refractivity contribution in [1.82, 2.24) is 10.2 Å². The maximum atomic E-state index is 13.1. The highest BCUT2D eigenvalue weighted by Gasteiger charge is 2.33. The number of terminal acetylenes is 1. The van der Waals surface area contributed by atoms with E-state index in [1.54, 1.807) is 18.2 Å². The second kappa shape index (κ2) is 9.63. The van der Waals surface area contributed by atoms with E-state index in [0.29, 0.717) is 29.2 Å². The van der Waals surface area contributed by atoms with Gasteiger partial charge in [-0.15, -0.1) is 6.42 Å². The van der Waals surface area contributed by atoms with Crippen LogP contribution >= 0.6 is 22.6 Å².